The summed E-state index contributed by atoms with van der Waals surface area (Å²) in [5, 5.41) is 2.78. The highest BCUT2D eigenvalue weighted by Crippen LogP contribution is 2.28. The van der Waals surface area contributed by atoms with Crippen molar-refractivity contribution >= 4 is 33.5 Å². The maximum Gasteiger partial charge on any atom is 0.338 e. The van der Waals surface area contributed by atoms with E-state index in [9.17, 15) is 18.0 Å². The van der Waals surface area contributed by atoms with Crippen molar-refractivity contribution in [3.8, 4) is 0 Å². The molecule has 1 aliphatic heterocycles. The Labute approximate surface area is 165 Å². The van der Waals surface area contributed by atoms with Gasteiger partial charge in [-0.25, -0.2) is 13.2 Å². The summed E-state index contributed by atoms with van der Waals surface area (Å²) in [5.41, 5.74) is 0.0339. The van der Waals surface area contributed by atoms with Crippen molar-refractivity contribution in [1.82, 2.24) is 9.62 Å². The Hall–Kier alpha value is -1.64. The molecule has 0 saturated carbocycles. The van der Waals surface area contributed by atoms with Gasteiger partial charge in [-0.2, -0.15) is 4.31 Å². The first kappa shape index (κ1) is 21.7. The highest BCUT2D eigenvalue weighted by molar-refractivity contribution is 7.89. The predicted octanol–water partition coefficient (Wildman–Crippen LogP) is 2.59. The first-order valence-corrected chi connectivity index (χ1v) is 10.8. The predicted molar refractivity (Wildman–Crippen MR) is 102 cm³/mol. The Kier molecular flexibility index (Phi) is 7.64. The van der Waals surface area contributed by atoms with Crippen molar-refractivity contribution in [2.24, 2.45) is 0 Å². The summed E-state index contributed by atoms with van der Waals surface area (Å²) in [6, 6.07) is 3.93. The van der Waals surface area contributed by atoms with Gasteiger partial charge in [0.05, 0.1) is 10.6 Å². The number of carbonyl (C=O) groups is 2. The highest BCUT2D eigenvalue weighted by Gasteiger charge is 2.30. The summed E-state index contributed by atoms with van der Waals surface area (Å²) < 4.78 is 31.8. The topological polar surface area (TPSA) is 92.8 Å². The molecule has 1 fully saturated rings. The van der Waals surface area contributed by atoms with Crippen LogP contribution in [-0.4, -0.2) is 50.3 Å². The van der Waals surface area contributed by atoms with Crippen molar-refractivity contribution in [2.75, 3.05) is 19.7 Å². The number of amides is 1. The molecule has 1 amide bonds. The van der Waals surface area contributed by atoms with E-state index in [2.05, 4.69) is 5.32 Å². The van der Waals surface area contributed by atoms with Gasteiger partial charge in [-0.1, -0.05) is 24.9 Å². The van der Waals surface area contributed by atoms with E-state index in [1.165, 1.54) is 22.5 Å². The number of esters is 1. The number of carbonyl (C=O) groups excluding carboxylic acids is 2. The highest BCUT2D eigenvalue weighted by atomic mass is 35.5. The number of ether oxygens (including phenoxy) is 1. The van der Waals surface area contributed by atoms with Crippen LogP contribution in [0.15, 0.2) is 23.1 Å². The van der Waals surface area contributed by atoms with Gasteiger partial charge >= 0.3 is 5.97 Å². The fourth-order valence-corrected chi connectivity index (χ4v) is 4.95. The van der Waals surface area contributed by atoms with E-state index >= 15 is 0 Å². The van der Waals surface area contributed by atoms with Gasteiger partial charge in [-0.15, -0.1) is 0 Å². The van der Waals surface area contributed by atoms with Crippen LogP contribution in [0.4, 0.5) is 0 Å². The average molecular weight is 417 g/mol. The second kappa shape index (κ2) is 9.52. The monoisotopic (exact) mass is 416 g/mol. The number of hydrogen-bond acceptors (Lipinski definition) is 5. The maximum absolute atomic E-state index is 12.7. The molecule has 7 nitrogen and oxygen atoms in total. The van der Waals surface area contributed by atoms with Crippen LogP contribution < -0.4 is 5.32 Å². The van der Waals surface area contributed by atoms with Crippen molar-refractivity contribution in [2.45, 2.75) is 50.5 Å². The molecular weight excluding hydrogens is 392 g/mol. The van der Waals surface area contributed by atoms with E-state index < -0.39 is 28.5 Å². The van der Waals surface area contributed by atoms with Crippen LogP contribution in [0.5, 0.6) is 0 Å². The van der Waals surface area contributed by atoms with E-state index in [0.29, 0.717) is 13.1 Å². The van der Waals surface area contributed by atoms with Crippen molar-refractivity contribution in [1.29, 1.82) is 0 Å². The zero-order chi connectivity index (χ0) is 20.0. The van der Waals surface area contributed by atoms with E-state index in [-0.39, 0.29) is 21.5 Å². The Balaban J connectivity index is 2.06. The SMILES string of the molecule is CCCC(C)NC(=O)COC(=O)c1ccc(Cl)c(S(=O)(=O)N2CCCC2)c1. The van der Waals surface area contributed by atoms with Crippen LogP contribution in [0.1, 0.15) is 49.9 Å². The lowest BCUT2D eigenvalue weighted by Gasteiger charge is -2.17. The van der Waals surface area contributed by atoms with Crippen LogP contribution in [0, 0.1) is 0 Å². The number of rotatable bonds is 8. The molecule has 1 aromatic carbocycles. The third-order valence-corrected chi connectivity index (χ3v) is 6.69. The van der Waals surface area contributed by atoms with Gasteiger partial charge in [0.1, 0.15) is 4.90 Å². The molecular formula is C18H25ClN2O5S. The Morgan fingerprint density at radius 2 is 1.96 bits per heavy atom. The van der Waals surface area contributed by atoms with E-state index in [4.69, 9.17) is 16.3 Å². The summed E-state index contributed by atoms with van der Waals surface area (Å²) in [6.07, 6.45) is 3.35. The second-order valence-corrected chi connectivity index (χ2v) is 8.90. The van der Waals surface area contributed by atoms with Crippen molar-refractivity contribution in [3.63, 3.8) is 0 Å². The number of nitrogens with one attached hydrogen (secondary N) is 1. The first-order chi connectivity index (χ1) is 12.8. The average Bonchev–Trinajstić information content (AvgIpc) is 3.15. The molecule has 0 bridgehead atoms. The van der Waals surface area contributed by atoms with Gasteiger partial charge in [0.15, 0.2) is 6.61 Å². The molecule has 0 radical (unpaired) electrons. The van der Waals surface area contributed by atoms with Gasteiger partial charge < -0.3 is 10.1 Å². The quantitative estimate of drug-likeness (QED) is 0.657. The van der Waals surface area contributed by atoms with Gasteiger partial charge in [0, 0.05) is 19.1 Å². The molecule has 0 aromatic heterocycles. The second-order valence-electron chi connectivity index (χ2n) is 6.59. The fraction of sp³-hybridized carbons (Fsp3) is 0.556. The van der Waals surface area contributed by atoms with E-state index in [0.717, 1.165) is 25.7 Å². The van der Waals surface area contributed by atoms with Gasteiger partial charge in [0.25, 0.3) is 5.91 Å². The van der Waals surface area contributed by atoms with Crippen LogP contribution >= 0.6 is 11.6 Å². The molecule has 1 aromatic rings. The molecule has 1 saturated heterocycles. The fourth-order valence-electron chi connectivity index (χ4n) is 2.93. The number of sulfonamides is 1. The zero-order valence-electron chi connectivity index (χ0n) is 15.5. The molecule has 1 heterocycles. The molecule has 9 heteroatoms. The molecule has 2 rings (SSSR count). The number of nitrogens with zero attached hydrogens (tertiary/aromatic N) is 1. The largest absolute Gasteiger partial charge is 0.452 e. The Morgan fingerprint density at radius 1 is 1.30 bits per heavy atom. The van der Waals surface area contributed by atoms with Crippen LogP contribution in [0.3, 0.4) is 0 Å². The molecule has 0 aliphatic carbocycles. The molecule has 1 N–H and O–H groups in total. The molecule has 1 aliphatic rings. The Bertz CT molecular complexity index is 791. The molecule has 150 valence electrons. The lowest BCUT2D eigenvalue weighted by Crippen LogP contribution is -2.35. The lowest BCUT2D eigenvalue weighted by atomic mass is 10.2. The lowest BCUT2D eigenvalue weighted by molar-refractivity contribution is -0.124. The normalized spacial score (nSPS) is 16.1. The van der Waals surface area contributed by atoms with E-state index in [1.807, 2.05) is 13.8 Å². The minimum Gasteiger partial charge on any atom is -0.452 e. The first-order valence-electron chi connectivity index (χ1n) is 9.02. The third kappa shape index (κ3) is 5.67. The zero-order valence-corrected chi connectivity index (χ0v) is 17.1. The summed E-state index contributed by atoms with van der Waals surface area (Å²) >= 11 is 6.06. The molecule has 0 spiro atoms. The van der Waals surface area contributed by atoms with Crippen LogP contribution in [0.25, 0.3) is 0 Å². The van der Waals surface area contributed by atoms with Crippen LogP contribution in [-0.2, 0) is 19.6 Å². The smallest absolute Gasteiger partial charge is 0.338 e. The van der Waals surface area contributed by atoms with Gasteiger partial charge in [0.2, 0.25) is 10.0 Å². The minimum absolute atomic E-state index is 0.00561. The van der Waals surface area contributed by atoms with Crippen molar-refractivity contribution < 1.29 is 22.7 Å². The van der Waals surface area contributed by atoms with Crippen molar-refractivity contribution in [3.05, 3.63) is 28.8 Å². The van der Waals surface area contributed by atoms with Crippen LogP contribution in [0.2, 0.25) is 5.02 Å². The standard InChI is InChI=1S/C18H25ClN2O5S/c1-3-6-13(2)20-17(22)12-26-18(23)14-7-8-15(19)16(11-14)27(24,25)21-9-4-5-10-21/h7-8,11,13H,3-6,9-10,12H2,1-2H3,(H,20,22). The number of hydrogen-bond donors (Lipinski definition) is 1. The molecule has 1 atom stereocenters. The number of benzene rings is 1. The summed E-state index contributed by atoms with van der Waals surface area (Å²) in [7, 11) is -3.76. The summed E-state index contributed by atoms with van der Waals surface area (Å²) in [4.78, 5) is 23.9. The van der Waals surface area contributed by atoms with Gasteiger partial charge in [-0.05, 0) is 44.4 Å². The summed E-state index contributed by atoms with van der Waals surface area (Å²) in [5.74, 6) is -1.17. The maximum atomic E-state index is 12.7. The molecule has 1 unspecified atom stereocenters. The number of halogens is 1. The molecule has 27 heavy (non-hydrogen) atoms. The Morgan fingerprint density at radius 3 is 2.59 bits per heavy atom. The van der Waals surface area contributed by atoms with E-state index in [1.54, 1.807) is 0 Å². The van der Waals surface area contributed by atoms with Gasteiger partial charge in [-0.3, -0.25) is 4.79 Å². The minimum atomic E-state index is -3.76. The third-order valence-electron chi connectivity index (χ3n) is 4.31. The summed E-state index contributed by atoms with van der Waals surface area (Å²) in [6.45, 7) is 4.32.